The molecule has 114 valence electrons. The van der Waals surface area contributed by atoms with Gasteiger partial charge in [-0.05, 0) is 49.3 Å². The van der Waals surface area contributed by atoms with Gasteiger partial charge in [-0.2, -0.15) is 0 Å². The highest BCUT2D eigenvalue weighted by Gasteiger charge is 2.38. The molecular formula is C15H18ClNO3S. The van der Waals surface area contributed by atoms with E-state index in [1.54, 1.807) is 6.07 Å². The van der Waals surface area contributed by atoms with Gasteiger partial charge in [0.05, 0.1) is 4.90 Å². The Balaban J connectivity index is 1.88. The fourth-order valence-corrected chi connectivity index (χ4v) is 4.33. The van der Waals surface area contributed by atoms with Gasteiger partial charge in [0, 0.05) is 29.3 Å². The lowest BCUT2D eigenvalue weighted by Crippen LogP contribution is -2.30. The number of rotatable bonds is 2. The average molecular weight is 328 g/mol. The van der Waals surface area contributed by atoms with Gasteiger partial charge in [0.25, 0.3) is 15.0 Å². The Morgan fingerprint density at radius 1 is 1.24 bits per heavy atom. The molecule has 1 aromatic carbocycles. The molecule has 2 unspecified atom stereocenters. The van der Waals surface area contributed by atoms with Crippen LogP contribution in [-0.4, -0.2) is 32.3 Å². The average Bonchev–Trinajstić information content (AvgIpc) is 2.97. The normalized spacial score (nSPS) is 25.1. The number of benzene rings is 1. The maximum Gasteiger partial charge on any atom is 0.261 e. The number of halogens is 1. The highest BCUT2D eigenvalue weighted by Crippen LogP contribution is 2.38. The Labute approximate surface area is 129 Å². The Kier molecular flexibility index (Phi) is 3.74. The van der Waals surface area contributed by atoms with E-state index >= 15 is 0 Å². The molecule has 1 aromatic rings. The maximum absolute atomic E-state index is 12.7. The molecule has 0 radical (unpaired) electrons. The van der Waals surface area contributed by atoms with Gasteiger partial charge in [-0.1, -0.05) is 12.5 Å². The van der Waals surface area contributed by atoms with E-state index in [0.717, 1.165) is 18.7 Å². The summed E-state index contributed by atoms with van der Waals surface area (Å²) in [6, 6.07) is 4.47. The Bertz CT molecular complexity index is 674. The second-order valence-corrected chi connectivity index (χ2v) is 8.64. The summed E-state index contributed by atoms with van der Waals surface area (Å²) in [6.07, 6.45) is 3.66. The zero-order chi connectivity index (χ0) is 15.2. The van der Waals surface area contributed by atoms with E-state index in [1.165, 1.54) is 31.4 Å². The third-order valence-electron chi connectivity index (χ3n) is 4.73. The Morgan fingerprint density at radius 2 is 1.86 bits per heavy atom. The van der Waals surface area contributed by atoms with Gasteiger partial charge < -0.3 is 4.90 Å². The number of hydrogen-bond donors (Lipinski definition) is 0. The number of amides is 1. The molecule has 0 bridgehead atoms. The Hall–Kier alpha value is -1.07. The number of nitrogens with zero attached hydrogens (tertiary/aromatic N) is 1. The zero-order valence-electron chi connectivity index (χ0n) is 11.9. The van der Waals surface area contributed by atoms with Crippen LogP contribution >= 0.6 is 10.7 Å². The molecule has 21 heavy (non-hydrogen) atoms. The monoisotopic (exact) mass is 327 g/mol. The summed E-state index contributed by atoms with van der Waals surface area (Å²) in [5, 5.41) is 0. The molecule has 2 atom stereocenters. The van der Waals surface area contributed by atoms with Crippen molar-refractivity contribution in [2.45, 2.75) is 31.1 Å². The van der Waals surface area contributed by atoms with Crippen molar-refractivity contribution < 1.29 is 13.2 Å². The third kappa shape index (κ3) is 2.81. The highest BCUT2D eigenvalue weighted by molar-refractivity contribution is 8.13. The first-order valence-corrected chi connectivity index (χ1v) is 9.52. The molecule has 2 aliphatic rings. The number of carbonyl (C=O) groups excluding carboxylic acids is 1. The van der Waals surface area contributed by atoms with Crippen LogP contribution < -0.4 is 0 Å². The number of likely N-dealkylation sites (tertiary alicyclic amines) is 1. The van der Waals surface area contributed by atoms with Gasteiger partial charge >= 0.3 is 0 Å². The topological polar surface area (TPSA) is 54.5 Å². The smallest absolute Gasteiger partial charge is 0.261 e. The van der Waals surface area contributed by atoms with E-state index < -0.39 is 9.05 Å². The molecular weight excluding hydrogens is 310 g/mol. The van der Waals surface area contributed by atoms with Crippen molar-refractivity contribution in [3.05, 3.63) is 29.3 Å². The minimum atomic E-state index is -3.81. The lowest BCUT2D eigenvalue weighted by molar-refractivity contribution is 0.0779. The molecule has 0 N–H and O–H groups in total. The molecule has 0 spiro atoms. The predicted octanol–water partition coefficient (Wildman–Crippen LogP) is 2.79. The van der Waals surface area contributed by atoms with E-state index in [2.05, 4.69) is 0 Å². The van der Waals surface area contributed by atoms with Crippen LogP contribution in [-0.2, 0) is 9.05 Å². The van der Waals surface area contributed by atoms with Gasteiger partial charge in [0.1, 0.15) is 0 Å². The summed E-state index contributed by atoms with van der Waals surface area (Å²) in [5.74, 6) is 1.16. The van der Waals surface area contributed by atoms with Crippen LogP contribution in [0.25, 0.3) is 0 Å². The van der Waals surface area contributed by atoms with Crippen LogP contribution in [0, 0.1) is 18.8 Å². The standard InChI is InChI=1S/C15H18ClNO3S/c1-10-5-6-13(21(16,19)20)7-14(10)15(18)17-8-11-3-2-4-12(11)9-17/h5-7,11-12H,2-4,8-9H2,1H3. The molecule has 0 aromatic heterocycles. The number of aryl methyl sites for hydroxylation is 1. The summed E-state index contributed by atoms with van der Waals surface area (Å²) < 4.78 is 22.9. The van der Waals surface area contributed by atoms with Crippen molar-refractivity contribution in [1.82, 2.24) is 4.90 Å². The van der Waals surface area contributed by atoms with Gasteiger partial charge in [-0.25, -0.2) is 8.42 Å². The fraction of sp³-hybridized carbons (Fsp3) is 0.533. The fourth-order valence-electron chi connectivity index (χ4n) is 3.55. The molecule has 1 saturated heterocycles. The molecule has 1 aliphatic heterocycles. The zero-order valence-corrected chi connectivity index (χ0v) is 13.5. The second-order valence-electron chi connectivity index (χ2n) is 6.08. The largest absolute Gasteiger partial charge is 0.338 e. The summed E-state index contributed by atoms with van der Waals surface area (Å²) >= 11 is 0. The maximum atomic E-state index is 12.7. The molecule has 4 nitrogen and oxygen atoms in total. The van der Waals surface area contributed by atoms with Gasteiger partial charge in [-0.3, -0.25) is 4.79 Å². The van der Waals surface area contributed by atoms with E-state index in [-0.39, 0.29) is 10.8 Å². The van der Waals surface area contributed by atoms with Crippen LogP contribution in [0.3, 0.4) is 0 Å². The van der Waals surface area contributed by atoms with Crippen molar-refractivity contribution >= 4 is 25.6 Å². The van der Waals surface area contributed by atoms with Crippen molar-refractivity contribution in [2.24, 2.45) is 11.8 Å². The lowest BCUT2D eigenvalue weighted by atomic mass is 10.0. The molecule has 3 rings (SSSR count). The van der Waals surface area contributed by atoms with E-state index in [1.807, 2.05) is 11.8 Å². The van der Waals surface area contributed by atoms with Gasteiger partial charge in [0.15, 0.2) is 0 Å². The summed E-state index contributed by atoms with van der Waals surface area (Å²) in [4.78, 5) is 14.5. The first-order valence-electron chi connectivity index (χ1n) is 7.21. The number of hydrogen-bond acceptors (Lipinski definition) is 3. The molecule has 1 aliphatic carbocycles. The van der Waals surface area contributed by atoms with E-state index in [0.29, 0.717) is 17.4 Å². The van der Waals surface area contributed by atoms with E-state index in [4.69, 9.17) is 10.7 Å². The third-order valence-corrected chi connectivity index (χ3v) is 6.09. The van der Waals surface area contributed by atoms with Gasteiger partial charge in [-0.15, -0.1) is 0 Å². The first-order chi connectivity index (χ1) is 9.86. The quantitative estimate of drug-likeness (QED) is 0.785. The van der Waals surface area contributed by atoms with Crippen LogP contribution in [0.5, 0.6) is 0 Å². The second kappa shape index (κ2) is 5.29. The highest BCUT2D eigenvalue weighted by atomic mass is 35.7. The minimum Gasteiger partial charge on any atom is -0.338 e. The van der Waals surface area contributed by atoms with Crippen molar-refractivity contribution in [3.63, 3.8) is 0 Å². The molecule has 1 saturated carbocycles. The predicted molar refractivity (Wildman–Crippen MR) is 81.0 cm³/mol. The van der Waals surface area contributed by atoms with Gasteiger partial charge in [0.2, 0.25) is 0 Å². The van der Waals surface area contributed by atoms with Crippen LogP contribution in [0.15, 0.2) is 23.1 Å². The minimum absolute atomic E-state index is 0.0162. The van der Waals surface area contributed by atoms with Crippen molar-refractivity contribution in [1.29, 1.82) is 0 Å². The Morgan fingerprint density at radius 3 is 2.43 bits per heavy atom. The van der Waals surface area contributed by atoms with Crippen LogP contribution in [0.1, 0.15) is 35.2 Å². The first kappa shape index (κ1) is 14.9. The van der Waals surface area contributed by atoms with Crippen LogP contribution in [0.4, 0.5) is 0 Å². The molecule has 1 amide bonds. The number of carbonyl (C=O) groups is 1. The molecule has 6 heteroatoms. The van der Waals surface area contributed by atoms with Crippen molar-refractivity contribution in [2.75, 3.05) is 13.1 Å². The summed E-state index contributed by atoms with van der Waals surface area (Å²) in [6.45, 7) is 3.40. The number of fused-ring (bicyclic) bond motifs is 1. The van der Waals surface area contributed by atoms with E-state index in [9.17, 15) is 13.2 Å². The summed E-state index contributed by atoms with van der Waals surface area (Å²) in [5.41, 5.74) is 1.22. The lowest BCUT2D eigenvalue weighted by Gasteiger charge is -2.19. The van der Waals surface area contributed by atoms with Crippen molar-refractivity contribution in [3.8, 4) is 0 Å². The summed E-state index contributed by atoms with van der Waals surface area (Å²) in [7, 11) is 1.56. The SMILES string of the molecule is Cc1ccc(S(=O)(=O)Cl)cc1C(=O)N1CC2CCCC2C1. The molecule has 1 heterocycles. The molecule has 2 fully saturated rings. The van der Waals surface area contributed by atoms with Crippen LogP contribution in [0.2, 0.25) is 0 Å².